The van der Waals surface area contributed by atoms with E-state index in [1.54, 1.807) is 0 Å². The van der Waals surface area contributed by atoms with E-state index in [1.807, 2.05) is 36.5 Å². The minimum atomic E-state index is -0.608. The molecule has 0 saturated carbocycles. The summed E-state index contributed by atoms with van der Waals surface area (Å²) in [7, 11) is 2.79. The summed E-state index contributed by atoms with van der Waals surface area (Å²) < 4.78 is 12.3. The molecule has 0 aliphatic heterocycles. The average molecular weight is 383 g/mol. The number of methoxy groups -OCH3 is 2. The highest BCUT2D eigenvalue weighted by atomic mass is 16.6. The van der Waals surface area contributed by atoms with Gasteiger partial charge in [-0.2, -0.15) is 0 Å². The molecule has 1 heterocycles. The summed E-state index contributed by atoms with van der Waals surface area (Å²) in [5, 5.41) is 15.2. The Morgan fingerprint density at radius 3 is 2.57 bits per heavy atom. The highest BCUT2D eigenvalue weighted by molar-refractivity contribution is 5.99. The highest BCUT2D eigenvalue weighted by Crippen LogP contribution is 2.34. The topological polar surface area (TPSA) is 95.6 Å². The van der Waals surface area contributed by atoms with Crippen molar-refractivity contribution in [2.45, 2.75) is 13.0 Å². The van der Waals surface area contributed by atoms with Gasteiger partial charge in [0, 0.05) is 30.9 Å². The van der Waals surface area contributed by atoms with Crippen molar-refractivity contribution in [1.82, 2.24) is 9.88 Å². The first kappa shape index (κ1) is 19.2. The molecule has 0 saturated heterocycles. The maximum Gasteiger partial charge on any atom is 0.286 e. The van der Waals surface area contributed by atoms with E-state index in [9.17, 15) is 14.9 Å². The molecule has 1 N–H and O–H groups in total. The number of hydrogen-bond acceptors (Lipinski definition) is 5. The van der Waals surface area contributed by atoms with Crippen molar-refractivity contribution in [2.24, 2.45) is 0 Å². The molecule has 3 aromatic rings. The number of aromatic nitrogens is 1. The van der Waals surface area contributed by atoms with Crippen molar-refractivity contribution in [1.29, 1.82) is 0 Å². The number of nitro groups is 1. The third-order valence-corrected chi connectivity index (χ3v) is 4.48. The maximum atomic E-state index is 12.5. The molecule has 0 unspecified atom stereocenters. The third-order valence-electron chi connectivity index (χ3n) is 4.48. The van der Waals surface area contributed by atoms with Gasteiger partial charge in [0.25, 0.3) is 11.6 Å². The minimum absolute atomic E-state index is 0.0611. The fourth-order valence-corrected chi connectivity index (χ4v) is 3.08. The lowest BCUT2D eigenvalue weighted by Gasteiger charge is -2.11. The average Bonchev–Trinajstić information content (AvgIpc) is 3.13. The quantitative estimate of drug-likeness (QED) is 0.365. The number of carbonyl (C=O) groups excluding carboxylic acids is 1. The molecule has 0 radical (unpaired) electrons. The minimum Gasteiger partial charge on any atom is -0.493 e. The summed E-state index contributed by atoms with van der Waals surface area (Å²) in [6.07, 6.45) is 2.69. The molecule has 3 rings (SSSR count). The lowest BCUT2D eigenvalue weighted by atomic mass is 10.1. The lowest BCUT2D eigenvalue weighted by Crippen LogP contribution is -2.26. The molecule has 2 aromatic carbocycles. The maximum absolute atomic E-state index is 12.5. The van der Waals surface area contributed by atoms with E-state index >= 15 is 0 Å². The second kappa shape index (κ2) is 8.43. The van der Waals surface area contributed by atoms with Gasteiger partial charge in [-0.15, -0.1) is 0 Å². The summed E-state index contributed by atoms with van der Waals surface area (Å²) >= 11 is 0. The van der Waals surface area contributed by atoms with E-state index in [-0.39, 0.29) is 22.7 Å². The predicted molar refractivity (Wildman–Crippen MR) is 105 cm³/mol. The molecule has 8 heteroatoms. The Balaban J connectivity index is 1.66. The first-order chi connectivity index (χ1) is 13.5. The number of aryl methyl sites for hydroxylation is 1. The molecule has 28 heavy (non-hydrogen) atoms. The van der Waals surface area contributed by atoms with Gasteiger partial charge in [0.1, 0.15) is 5.56 Å². The lowest BCUT2D eigenvalue weighted by molar-refractivity contribution is -0.385. The van der Waals surface area contributed by atoms with Gasteiger partial charge in [-0.05, 0) is 23.9 Å². The summed E-state index contributed by atoms with van der Waals surface area (Å²) in [5.41, 5.74) is 0.741. The van der Waals surface area contributed by atoms with Gasteiger partial charge in [-0.25, -0.2) is 0 Å². The molecular formula is C20H21N3O5. The van der Waals surface area contributed by atoms with E-state index < -0.39 is 10.8 Å². The molecule has 0 bridgehead atoms. The third kappa shape index (κ3) is 3.90. The smallest absolute Gasteiger partial charge is 0.286 e. The van der Waals surface area contributed by atoms with Gasteiger partial charge < -0.3 is 19.4 Å². The van der Waals surface area contributed by atoms with Crippen molar-refractivity contribution >= 4 is 22.5 Å². The highest BCUT2D eigenvalue weighted by Gasteiger charge is 2.24. The van der Waals surface area contributed by atoms with Crippen LogP contribution in [0.5, 0.6) is 11.5 Å². The number of amides is 1. The van der Waals surface area contributed by atoms with E-state index in [1.165, 1.54) is 26.4 Å². The number of nitro benzene ring substituents is 1. The Morgan fingerprint density at radius 2 is 1.86 bits per heavy atom. The summed E-state index contributed by atoms with van der Waals surface area (Å²) in [6.45, 7) is 1.11. The van der Waals surface area contributed by atoms with E-state index in [2.05, 4.69) is 9.88 Å². The van der Waals surface area contributed by atoms with Crippen LogP contribution < -0.4 is 14.8 Å². The SMILES string of the molecule is COc1cc(C(=O)NCCCn2ccc3ccccc32)c([N+](=O)[O-])cc1OC. The van der Waals surface area contributed by atoms with Gasteiger partial charge in [-0.3, -0.25) is 14.9 Å². The second-order valence-electron chi connectivity index (χ2n) is 6.16. The number of benzene rings is 2. The summed E-state index contributed by atoms with van der Waals surface area (Å²) in [5.74, 6) is -0.0627. The summed E-state index contributed by atoms with van der Waals surface area (Å²) in [6, 6.07) is 12.6. The molecule has 1 aromatic heterocycles. The van der Waals surface area contributed by atoms with Crippen LogP contribution in [0.15, 0.2) is 48.7 Å². The van der Waals surface area contributed by atoms with Crippen molar-refractivity contribution in [3.63, 3.8) is 0 Å². The zero-order valence-electron chi connectivity index (χ0n) is 15.7. The Morgan fingerprint density at radius 1 is 1.14 bits per heavy atom. The van der Waals surface area contributed by atoms with Gasteiger partial charge in [-0.1, -0.05) is 18.2 Å². The first-order valence-corrected chi connectivity index (χ1v) is 8.77. The Hall–Kier alpha value is -3.55. The largest absolute Gasteiger partial charge is 0.493 e. The van der Waals surface area contributed by atoms with E-state index in [4.69, 9.17) is 9.47 Å². The van der Waals surface area contributed by atoms with Gasteiger partial charge in [0.15, 0.2) is 11.5 Å². The van der Waals surface area contributed by atoms with Crippen LogP contribution >= 0.6 is 0 Å². The number of rotatable bonds is 8. The Labute approximate surface area is 161 Å². The van der Waals surface area contributed by atoms with E-state index in [0.29, 0.717) is 13.0 Å². The van der Waals surface area contributed by atoms with Crippen LogP contribution in [0.2, 0.25) is 0 Å². The monoisotopic (exact) mass is 383 g/mol. The van der Waals surface area contributed by atoms with E-state index in [0.717, 1.165) is 17.4 Å². The normalized spacial score (nSPS) is 10.6. The Kier molecular flexibility index (Phi) is 5.78. The van der Waals surface area contributed by atoms with Gasteiger partial charge in [0.05, 0.1) is 25.2 Å². The number of fused-ring (bicyclic) bond motifs is 1. The van der Waals surface area contributed by atoms with Crippen molar-refractivity contribution in [3.8, 4) is 11.5 Å². The molecule has 8 nitrogen and oxygen atoms in total. The van der Waals surface area contributed by atoms with Crippen molar-refractivity contribution < 1.29 is 19.2 Å². The van der Waals surface area contributed by atoms with Crippen LogP contribution in [-0.2, 0) is 6.54 Å². The number of nitrogens with one attached hydrogen (secondary N) is 1. The van der Waals surface area contributed by atoms with Gasteiger partial charge >= 0.3 is 0 Å². The molecule has 0 aliphatic rings. The molecule has 0 aliphatic carbocycles. The number of para-hydroxylation sites is 1. The molecule has 0 atom stereocenters. The van der Waals surface area contributed by atoms with Crippen LogP contribution in [0.25, 0.3) is 10.9 Å². The number of hydrogen-bond donors (Lipinski definition) is 1. The number of carbonyl (C=O) groups is 1. The fourth-order valence-electron chi connectivity index (χ4n) is 3.08. The second-order valence-corrected chi connectivity index (χ2v) is 6.16. The molecule has 0 fully saturated rings. The van der Waals surface area contributed by atoms with Crippen LogP contribution in [0.4, 0.5) is 5.69 Å². The van der Waals surface area contributed by atoms with Gasteiger partial charge in [0.2, 0.25) is 0 Å². The predicted octanol–water partition coefficient (Wildman–Crippen LogP) is 3.39. The number of nitrogens with zero attached hydrogens (tertiary/aromatic N) is 2. The van der Waals surface area contributed by atoms with Crippen LogP contribution in [0.3, 0.4) is 0 Å². The zero-order valence-corrected chi connectivity index (χ0v) is 15.7. The zero-order chi connectivity index (χ0) is 20.1. The van der Waals surface area contributed by atoms with Crippen LogP contribution in [0, 0.1) is 10.1 Å². The Bertz CT molecular complexity index is 1010. The van der Waals surface area contributed by atoms with Crippen LogP contribution in [-0.4, -0.2) is 36.2 Å². The molecule has 0 spiro atoms. The standard InChI is InChI=1S/C20H21N3O5/c1-27-18-12-15(17(23(25)26)13-19(18)28-2)20(24)21-9-5-10-22-11-8-14-6-3-4-7-16(14)22/h3-4,6-8,11-13H,5,9-10H2,1-2H3,(H,21,24). The molecule has 146 valence electrons. The van der Waals surface area contributed by atoms with Crippen molar-refractivity contribution in [2.75, 3.05) is 20.8 Å². The molecule has 1 amide bonds. The number of ether oxygens (including phenoxy) is 2. The molecular weight excluding hydrogens is 362 g/mol. The fraction of sp³-hybridized carbons (Fsp3) is 0.250. The first-order valence-electron chi connectivity index (χ1n) is 8.77. The van der Waals surface area contributed by atoms with Crippen molar-refractivity contribution in [3.05, 3.63) is 64.3 Å². The summed E-state index contributed by atoms with van der Waals surface area (Å²) in [4.78, 5) is 23.2. The van der Waals surface area contributed by atoms with Crippen LogP contribution in [0.1, 0.15) is 16.8 Å².